The third kappa shape index (κ3) is 4.33. The van der Waals surface area contributed by atoms with Gasteiger partial charge in [0.05, 0.1) is 17.1 Å². The van der Waals surface area contributed by atoms with E-state index in [0.29, 0.717) is 24.9 Å². The van der Waals surface area contributed by atoms with E-state index in [-0.39, 0.29) is 5.56 Å². The molecule has 8 nitrogen and oxygen atoms in total. The van der Waals surface area contributed by atoms with Crippen molar-refractivity contribution >= 4 is 27.6 Å². The predicted octanol–water partition coefficient (Wildman–Crippen LogP) is 3.06. The van der Waals surface area contributed by atoms with E-state index in [2.05, 4.69) is 44.9 Å². The van der Waals surface area contributed by atoms with Crippen LogP contribution in [0.2, 0.25) is 0 Å². The Morgan fingerprint density at radius 2 is 1.87 bits per heavy atom. The average molecular weight is 457 g/mol. The van der Waals surface area contributed by atoms with Crippen LogP contribution in [0.1, 0.15) is 28.9 Å². The number of hydrogen-bond donors (Lipinski definition) is 0. The lowest BCUT2D eigenvalue weighted by Gasteiger charge is -2.33. The summed E-state index contributed by atoms with van der Waals surface area (Å²) in [4.78, 5) is 24.6. The minimum atomic E-state index is -0.0147. The second-order valence-electron chi connectivity index (χ2n) is 7.76. The van der Waals surface area contributed by atoms with Gasteiger partial charge < -0.3 is 4.42 Å². The van der Waals surface area contributed by atoms with E-state index in [1.165, 1.54) is 21.8 Å². The molecule has 0 aromatic carbocycles. The summed E-state index contributed by atoms with van der Waals surface area (Å²) in [5.74, 6) is 1.27. The predicted molar refractivity (Wildman–Crippen MR) is 122 cm³/mol. The molecule has 0 amide bonds. The topological polar surface area (TPSA) is 79.8 Å². The molecule has 0 aliphatic carbocycles. The van der Waals surface area contributed by atoms with Crippen molar-refractivity contribution in [2.75, 3.05) is 26.2 Å². The first-order valence-corrected chi connectivity index (χ1v) is 12.1. The molecular weight excluding hydrogens is 432 g/mol. The highest BCUT2D eigenvalue weighted by molar-refractivity contribution is 7.15. The summed E-state index contributed by atoms with van der Waals surface area (Å²) >= 11 is 3.22. The first kappa shape index (κ1) is 20.5. The third-order valence-corrected chi connectivity index (χ3v) is 7.71. The molecule has 1 fully saturated rings. The molecule has 31 heavy (non-hydrogen) atoms. The lowest BCUT2D eigenvalue weighted by atomic mass is 10.2. The molecule has 1 saturated heterocycles. The highest BCUT2D eigenvalue weighted by Gasteiger charge is 2.21. The van der Waals surface area contributed by atoms with E-state index < -0.39 is 0 Å². The summed E-state index contributed by atoms with van der Waals surface area (Å²) in [6, 6.07) is 3.77. The molecule has 0 atom stereocenters. The molecule has 0 radical (unpaired) electrons. The molecule has 0 N–H and O–H groups in total. The molecule has 4 aromatic rings. The maximum atomic E-state index is 12.2. The van der Waals surface area contributed by atoms with Crippen LogP contribution in [-0.2, 0) is 19.5 Å². The maximum Gasteiger partial charge on any atom is 0.258 e. The summed E-state index contributed by atoms with van der Waals surface area (Å²) in [7, 11) is 0. The largest absolute Gasteiger partial charge is 0.419 e. The quantitative estimate of drug-likeness (QED) is 0.441. The van der Waals surface area contributed by atoms with Gasteiger partial charge in [-0.3, -0.25) is 19.0 Å². The molecule has 0 saturated carbocycles. The molecule has 1 aliphatic rings. The number of thiophene rings is 1. The lowest BCUT2D eigenvalue weighted by molar-refractivity contribution is 0.114. The van der Waals surface area contributed by atoms with Crippen LogP contribution in [0.4, 0.5) is 0 Å². The molecule has 162 valence electrons. The molecular formula is C21H24N6O2S2. The molecule has 0 unspecified atom stereocenters. The summed E-state index contributed by atoms with van der Waals surface area (Å²) in [6.07, 6.45) is 2.79. The average Bonchev–Trinajstić information content (AvgIpc) is 3.49. The van der Waals surface area contributed by atoms with Crippen LogP contribution in [0.15, 0.2) is 32.9 Å². The van der Waals surface area contributed by atoms with Crippen LogP contribution < -0.4 is 5.56 Å². The Kier molecular flexibility index (Phi) is 5.70. The first-order chi connectivity index (χ1) is 15.1. The normalized spacial score (nSPS) is 15.8. The highest BCUT2D eigenvalue weighted by Crippen LogP contribution is 2.30. The van der Waals surface area contributed by atoms with Crippen LogP contribution in [0.5, 0.6) is 0 Å². The zero-order valence-corrected chi connectivity index (χ0v) is 19.2. The number of fused-ring (bicyclic) bond motifs is 1. The van der Waals surface area contributed by atoms with Crippen molar-refractivity contribution in [1.82, 2.24) is 29.4 Å². The van der Waals surface area contributed by atoms with Crippen molar-refractivity contribution < 1.29 is 4.42 Å². The summed E-state index contributed by atoms with van der Waals surface area (Å²) in [5.41, 5.74) is 2.10. The molecule has 0 bridgehead atoms. The van der Waals surface area contributed by atoms with Crippen molar-refractivity contribution in [2.24, 2.45) is 0 Å². The van der Waals surface area contributed by atoms with Crippen LogP contribution in [0.25, 0.3) is 15.7 Å². The fourth-order valence-electron chi connectivity index (χ4n) is 3.89. The minimum Gasteiger partial charge on any atom is -0.419 e. The second-order valence-corrected chi connectivity index (χ2v) is 9.77. The number of aromatic nitrogens is 4. The number of hydrogen-bond acceptors (Lipinski definition) is 9. The second kappa shape index (κ2) is 8.62. The minimum absolute atomic E-state index is 0.0147. The molecule has 5 heterocycles. The zero-order valence-electron chi connectivity index (χ0n) is 17.6. The van der Waals surface area contributed by atoms with E-state index in [4.69, 9.17) is 4.42 Å². The molecule has 0 spiro atoms. The number of piperazine rings is 1. The maximum absolute atomic E-state index is 12.2. The fourth-order valence-corrected chi connectivity index (χ4v) is 5.66. The van der Waals surface area contributed by atoms with Crippen LogP contribution in [0.3, 0.4) is 0 Å². The Bertz CT molecular complexity index is 1250. The smallest absolute Gasteiger partial charge is 0.258 e. The number of rotatable bonds is 6. The van der Waals surface area contributed by atoms with Gasteiger partial charge in [0, 0.05) is 55.2 Å². The van der Waals surface area contributed by atoms with E-state index in [9.17, 15) is 4.79 Å². The molecule has 1 aliphatic heterocycles. The van der Waals surface area contributed by atoms with Crippen molar-refractivity contribution in [3.8, 4) is 10.8 Å². The Balaban J connectivity index is 1.17. The third-order valence-electron chi connectivity index (χ3n) is 5.58. The van der Waals surface area contributed by atoms with E-state index >= 15 is 0 Å². The molecule has 10 heteroatoms. The van der Waals surface area contributed by atoms with Crippen molar-refractivity contribution in [3.05, 3.63) is 56.1 Å². The standard InChI is InChI=1S/C21H24N6O2S2/c1-3-16-14(2)10-17(31-16)20-24-23-18(29-20)13-26-6-4-25(5-7-26)12-15-11-19(28)27-8-9-30-21(27)22-15/h8-11H,3-7,12-13H2,1-2H3. The lowest BCUT2D eigenvalue weighted by Crippen LogP contribution is -2.45. The van der Waals surface area contributed by atoms with Gasteiger partial charge in [-0.1, -0.05) is 6.92 Å². The van der Waals surface area contributed by atoms with Crippen LogP contribution >= 0.6 is 22.7 Å². The van der Waals surface area contributed by atoms with Crippen molar-refractivity contribution in [2.45, 2.75) is 33.4 Å². The van der Waals surface area contributed by atoms with Gasteiger partial charge in [-0.05, 0) is 25.0 Å². The van der Waals surface area contributed by atoms with Gasteiger partial charge in [0.2, 0.25) is 5.89 Å². The Morgan fingerprint density at radius 1 is 1.10 bits per heavy atom. The zero-order chi connectivity index (χ0) is 21.4. The monoisotopic (exact) mass is 456 g/mol. The summed E-state index contributed by atoms with van der Waals surface area (Å²) < 4.78 is 7.53. The molecule has 5 rings (SSSR count). The number of thiazole rings is 1. The van der Waals surface area contributed by atoms with E-state index in [1.807, 2.05) is 5.38 Å². The van der Waals surface area contributed by atoms with E-state index in [1.54, 1.807) is 28.0 Å². The van der Waals surface area contributed by atoms with Gasteiger partial charge in [0.25, 0.3) is 11.4 Å². The van der Waals surface area contributed by atoms with Crippen LogP contribution in [0, 0.1) is 6.92 Å². The molecule has 4 aromatic heterocycles. The number of aryl methyl sites for hydroxylation is 2. The summed E-state index contributed by atoms with van der Waals surface area (Å²) in [6.45, 7) is 9.29. The summed E-state index contributed by atoms with van der Waals surface area (Å²) in [5, 5.41) is 10.4. The van der Waals surface area contributed by atoms with Crippen LogP contribution in [-0.4, -0.2) is 55.6 Å². The first-order valence-electron chi connectivity index (χ1n) is 10.4. The van der Waals surface area contributed by atoms with E-state index in [0.717, 1.165) is 48.1 Å². The van der Waals surface area contributed by atoms with Gasteiger partial charge in [0.15, 0.2) is 4.96 Å². The Hall–Kier alpha value is -2.40. The SMILES string of the molecule is CCc1sc(-c2nnc(CN3CCN(Cc4cc(=O)n5ccsc5n4)CC3)o2)cc1C. The fraction of sp³-hybridized carbons (Fsp3) is 0.429. The number of nitrogens with zero attached hydrogens (tertiary/aromatic N) is 6. The van der Waals surface area contributed by atoms with Crippen molar-refractivity contribution in [3.63, 3.8) is 0 Å². The van der Waals surface area contributed by atoms with Gasteiger partial charge in [0.1, 0.15) is 0 Å². The highest BCUT2D eigenvalue weighted by atomic mass is 32.1. The van der Waals surface area contributed by atoms with Gasteiger partial charge in [-0.2, -0.15) is 0 Å². The van der Waals surface area contributed by atoms with Crippen molar-refractivity contribution in [1.29, 1.82) is 0 Å². The Morgan fingerprint density at radius 3 is 2.61 bits per heavy atom. The van der Waals surface area contributed by atoms with Gasteiger partial charge >= 0.3 is 0 Å². The van der Waals surface area contributed by atoms with Gasteiger partial charge in [-0.25, -0.2) is 4.98 Å². The van der Waals surface area contributed by atoms with Gasteiger partial charge in [-0.15, -0.1) is 32.9 Å². The Labute approximate surface area is 187 Å².